The number of methoxy groups -OCH3 is 1. The van der Waals surface area contributed by atoms with E-state index in [2.05, 4.69) is 15.0 Å². The van der Waals surface area contributed by atoms with Crippen LogP contribution in [0.15, 0.2) is 81.9 Å². The number of pyridine rings is 1. The van der Waals surface area contributed by atoms with Crippen molar-refractivity contribution in [3.63, 3.8) is 0 Å². The fourth-order valence-electron chi connectivity index (χ4n) is 3.49. The maximum Gasteiger partial charge on any atom is 0.339 e. The summed E-state index contributed by atoms with van der Waals surface area (Å²) in [7, 11) is 1.30. The molecule has 0 aliphatic heterocycles. The van der Waals surface area contributed by atoms with Gasteiger partial charge in [-0.1, -0.05) is 35.5 Å². The highest BCUT2D eigenvalue weighted by molar-refractivity contribution is 7.98. The van der Waals surface area contributed by atoms with Gasteiger partial charge < -0.3 is 9.47 Å². The minimum atomic E-state index is -0.499. The van der Waals surface area contributed by atoms with Crippen LogP contribution in [0.2, 0.25) is 5.02 Å². The molecule has 0 saturated heterocycles. The summed E-state index contributed by atoms with van der Waals surface area (Å²) in [6, 6.07) is 15.8. The third-order valence-electron chi connectivity index (χ3n) is 5.32. The van der Waals surface area contributed by atoms with Crippen molar-refractivity contribution in [1.82, 2.24) is 19.1 Å². The van der Waals surface area contributed by atoms with Crippen molar-refractivity contribution in [2.75, 3.05) is 13.4 Å². The molecule has 190 valence electrons. The van der Waals surface area contributed by atoms with Crippen LogP contribution < -0.4 is 16.0 Å². The van der Waals surface area contributed by atoms with Crippen molar-refractivity contribution in [2.45, 2.75) is 25.2 Å². The first kappa shape index (κ1) is 26.2. The van der Waals surface area contributed by atoms with Crippen molar-refractivity contribution >= 4 is 35.0 Å². The van der Waals surface area contributed by atoms with Gasteiger partial charge in [0.25, 0.3) is 0 Å². The average molecular weight is 538 g/mol. The Morgan fingerprint density at radius 1 is 1.05 bits per heavy atom. The van der Waals surface area contributed by atoms with Gasteiger partial charge in [0.15, 0.2) is 5.16 Å². The lowest BCUT2D eigenvalue weighted by Gasteiger charge is -2.13. The molecule has 4 rings (SSSR count). The molecule has 0 aliphatic carbocycles. The molecule has 0 bridgehead atoms. The summed E-state index contributed by atoms with van der Waals surface area (Å²) in [5.41, 5.74) is 1.86. The third kappa shape index (κ3) is 6.28. The fraction of sp³-hybridized carbons (Fsp3) is 0.192. The monoisotopic (exact) mass is 537 g/mol. The van der Waals surface area contributed by atoms with Gasteiger partial charge in [-0.2, -0.15) is 4.98 Å². The van der Waals surface area contributed by atoms with Crippen LogP contribution in [0.3, 0.4) is 0 Å². The molecule has 0 aliphatic rings. The zero-order valence-corrected chi connectivity index (χ0v) is 22.0. The minimum absolute atomic E-state index is 0.200. The van der Waals surface area contributed by atoms with E-state index in [4.69, 9.17) is 21.1 Å². The number of carbonyl (C=O) groups excluding carboxylic acids is 1. The topological polar surface area (TPSA) is 101 Å². The summed E-state index contributed by atoms with van der Waals surface area (Å²) in [6.45, 7) is 2.68. The Labute approximate surface area is 222 Å². The Bertz CT molecular complexity index is 1530. The van der Waals surface area contributed by atoms with Crippen LogP contribution in [0, 0.1) is 0 Å². The van der Waals surface area contributed by atoms with E-state index < -0.39 is 5.97 Å². The molecule has 4 aromatic rings. The van der Waals surface area contributed by atoms with Gasteiger partial charge in [-0.05, 0) is 61.2 Å². The summed E-state index contributed by atoms with van der Waals surface area (Å²) in [5, 5.41) is 1.20. The SMILES string of the molecule is CCn1c(SC)nc(=Nc2ccc(Oc3cncc(C(=O)OC)c3)cc2)n(Cc2ccc(Cl)cc2)c1=O. The Hall–Kier alpha value is -3.89. The Kier molecular flexibility index (Phi) is 8.42. The molecule has 0 atom stereocenters. The smallest absolute Gasteiger partial charge is 0.339 e. The lowest BCUT2D eigenvalue weighted by atomic mass is 10.2. The second-order valence-corrected chi connectivity index (χ2v) is 8.96. The van der Waals surface area contributed by atoms with Gasteiger partial charge >= 0.3 is 11.7 Å². The van der Waals surface area contributed by atoms with Gasteiger partial charge in [-0.25, -0.2) is 14.6 Å². The maximum absolute atomic E-state index is 13.3. The molecule has 0 saturated carbocycles. The number of hydrogen-bond donors (Lipinski definition) is 0. The summed E-state index contributed by atoms with van der Waals surface area (Å²) in [4.78, 5) is 38.4. The van der Waals surface area contributed by atoms with E-state index in [0.29, 0.717) is 40.5 Å². The van der Waals surface area contributed by atoms with Crippen molar-refractivity contribution in [2.24, 2.45) is 4.99 Å². The van der Waals surface area contributed by atoms with E-state index in [1.54, 1.807) is 51.6 Å². The Balaban J connectivity index is 1.68. The summed E-state index contributed by atoms with van der Waals surface area (Å²) in [5.74, 6) is 0.417. The van der Waals surface area contributed by atoms with E-state index in [1.807, 2.05) is 25.3 Å². The quantitative estimate of drug-likeness (QED) is 0.237. The first-order valence-corrected chi connectivity index (χ1v) is 12.9. The zero-order valence-electron chi connectivity index (χ0n) is 20.4. The normalized spacial score (nSPS) is 11.4. The number of aromatic nitrogens is 4. The van der Waals surface area contributed by atoms with Gasteiger partial charge in [0, 0.05) is 17.8 Å². The third-order valence-corrected chi connectivity index (χ3v) is 6.25. The van der Waals surface area contributed by atoms with E-state index >= 15 is 0 Å². The summed E-state index contributed by atoms with van der Waals surface area (Å²) < 4.78 is 13.7. The van der Waals surface area contributed by atoms with Crippen LogP contribution in [0.25, 0.3) is 0 Å². The molecule has 2 aromatic carbocycles. The van der Waals surface area contributed by atoms with Crippen LogP contribution in [0.1, 0.15) is 22.8 Å². The molecular formula is C26H24ClN5O4S. The molecule has 2 aromatic heterocycles. The molecule has 0 fully saturated rings. The number of rotatable bonds is 8. The molecule has 9 nitrogen and oxygen atoms in total. The molecule has 0 spiro atoms. The fourth-order valence-corrected chi connectivity index (χ4v) is 4.21. The molecule has 0 N–H and O–H groups in total. The van der Waals surface area contributed by atoms with Crippen LogP contribution in [-0.2, 0) is 17.8 Å². The number of ether oxygens (including phenoxy) is 2. The zero-order chi connectivity index (χ0) is 26.4. The summed E-state index contributed by atoms with van der Waals surface area (Å²) in [6.07, 6.45) is 4.78. The molecule has 37 heavy (non-hydrogen) atoms. The van der Waals surface area contributed by atoms with E-state index in [9.17, 15) is 9.59 Å². The number of thioether (sulfide) groups is 1. The van der Waals surface area contributed by atoms with E-state index in [0.717, 1.165) is 5.56 Å². The standard InChI is InChI=1S/C26H24ClN5O4S/c1-4-31-25(37-3)30-24(32(26(31)34)16-17-5-7-19(27)8-6-17)29-20-9-11-21(12-10-20)36-22-13-18(14-28-15-22)23(33)35-2/h5-15H,4,16H2,1-3H3. The molecular weight excluding hydrogens is 514 g/mol. The first-order valence-electron chi connectivity index (χ1n) is 11.3. The van der Waals surface area contributed by atoms with Crippen LogP contribution in [0.4, 0.5) is 5.69 Å². The largest absolute Gasteiger partial charge is 0.465 e. The second-order valence-electron chi connectivity index (χ2n) is 7.75. The Morgan fingerprint density at radius 3 is 2.43 bits per heavy atom. The van der Waals surface area contributed by atoms with Crippen molar-refractivity contribution in [3.8, 4) is 11.5 Å². The molecule has 0 unspecified atom stereocenters. The molecule has 0 radical (unpaired) electrons. The highest BCUT2D eigenvalue weighted by Crippen LogP contribution is 2.24. The van der Waals surface area contributed by atoms with E-state index in [1.165, 1.54) is 31.3 Å². The number of benzene rings is 2. The van der Waals surface area contributed by atoms with Crippen molar-refractivity contribution in [3.05, 3.63) is 99.2 Å². The predicted octanol–water partition coefficient (Wildman–Crippen LogP) is 4.69. The van der Waals surface area contributed by atoms with Gasteiger partial charge in [0.2, 0.25) is 5.62 Å². The van der Waals surface area contributed by atoms with Gasteiger partial charge in [-0.15, -0.1) is 0 Å². The van der Waals surface area contributed by atoms with Crippen LogP contribution in [-0.4, -0.2) is 38.4 Å². The first-order chi connectivity index (χ1) is 17.9. The van der Waals surface area contributed by atoms with Gasteiger partial charge in [-0.3, -0.25) is 14.1 Å². The number of hydrogen-bond acceptors (Lipinski definition) is 8. The lowest BCUT2D eigenvalue weighted by Crippen LogP contribution is -2.43. The molecule has 2 heterocycles. The van der Waals surface area contributed by atoms with E-state index in [-0.39, 0.29) is 16.9 Å². The highest BCUT2D eigenvalue weighted by Gasteiger charge is 2.12. The second kappa shape index (κ2) is 11.9. The maximum atomic E-state index is 13.3. The van der Waals surface area contributed by atoms with Crippen LogP contribution >= 0.6 is 23.4 Å². The number of halogens is 1. The predicted molar refractivity (Wildman–Crippen MR) is 142 cm³/mol. The number of carbonyl (C=O) groups is 1. The molecule has 0 amide bonds. The van der Waals surface area contributed by atoms with Crippen molar-refractivity contribution in [1.29, 1.82) is 0 Å². The van der Waals surface area contributed by atoms with Gasteiger partial charge in [0.05, 0.1) is 31.1 Å². The average Bonchev–Trinajstić information content (AvgIpc) is 2.92. The molecule has 11 heteroatoms. The highest BCUT2D eigenvalue weighted by atomic mass is 35.5. The number of nitrogens with zero attached hydrogens (tertiary/aromatic N) is 5. The number of esters is 1. The Morgan fingerprint density at radius 2 is 1.78 bits per heavy atom. The summed E-state index contributed by atoms with van der Waals surface area (Å²) >= 11 is 7.41. The lowest BCUT2D eigenvalue weighted by molar-refractivity contribution is 0.0600. The van der Waals surface area contributed by atoms with Crippen molar-refractivity contribution < 1.29 is 14.3 Å². The van der Waals surface area contributed by atoms with Gasteiger partial charge in [0.1, 0.15) is 11.5 Å². The minimum Gasteiger partial charge on any atom is -0.465 e. The van der Waals surface area contributed by atoms with Crippen LogP contribution in [0.5, 0.6) is 11.5 Å².